The summed E-state index contributed by atoms with van der Waals surface area (Å²) in [4.78, 5) is 15.8. The first-order valence-electron chi connectivity index (χ1n) is 6.22. The topological polar surface area (TPSA) is 46.3 Å². The number of carbonyl (C=O) groups excluding carboxylic acids is 1. The van der Waals surface area contributed by atoms with Gasteiger partial charge in [-0.15, -0.1) is 11.8 Å². The van der Waals surface area contributed by atoms with Gasteiger partial charge in [-0.1, -0.05) is 31.3 Å². The van der Waals surface area contributed by atoms with E-state index in [-0.39, 0.29) is 11.8 Å². The first kappa shape index (κ1) is 16.0. The first-order chi connectivity index (χ1) is 9.01. The molecule has 0 aliphatic rings. The molecule has 0 saturated heterocycles. The van der Waals surface area contributed by atoms with Gasteiger partial charge in [-0.25, -0.2) is 0 Å². The van der Waals surface area contributed by atoms with Gasteiger partial charge in [-0.3, -0.25) is 4.79 Å². The Morgan fingerprint density at radius 2 is 2.11 bits per heavy atom. The molecule has 1 aromatic carbocycles. The molecule has 0 saturated carbocycles. The molecule has 1 amide bonds. The van der Waals surface area contributed by atoms with E-state index < -0.39 is 0 Å². The standard InChI is InChI=1S/C14H20N2OS2/c1-4-16(9-10(2)13(15)18)14(17)11-7-5-6-8-12(11)19-3/h5-8,10H,4,9H2,1-3H3,(H2,15,18). The average Bonchev–Trinajstić information content (AvgIpc) is 2.43. The van der Waals surface area contributed by atoms with Crippen molar-refractivity contribution in [2.24, 2.45) is 11.7 Å². The van der Waals surface area contributed by atoms with Gasteiger partial charge < -0.3 is 10.6 Å². The summed E-state index contributed by atoms with van der Waals surface area (Å²) >= 11 is 6.55. The van der Waals surface area contributed by atoms with Crippen molar-refractivity contribution in [2.45, 2.75) is 18.7 Å². The molecule has 0 radical (unpaired) electrons. The number of thioether (sulfide) groups is 1. The smallest absolute Gasteiger partial charge is 0.255 e. The molecule has 19 heavy (non-hydrogen) atoms. The normalized spacial score (nSPS) is 11.9. The fourth-order valence-corrected chi connectivity index (χ4v) is 2.43. The highest BCUT2D eigenvalue weighted by molar-refractivity contribution is 7.98. The van der Waals surface area contributed by atoms with Gasteiger partial charge in [-0.2, -0.15) is 0 Å². The highest BCUT2D eigenvalue weighted by Crippen LogP contribution is 2.21. The predicted octanol–water partition coefficient (Wildman–Crippen LogP) is 2.79. The van der Waals surface area contributed by atoms with Crippen molar-refractivity contribution in [3.63, 3.8) is 0 Å². The minimum Gasteiger partial charge on any atom is -0.393 e. The summed E-state index contributed by atoms with van der Waals surface area (Å²) in [5.41, 5.74) is 6.37. The molecule has 0 aliphatic carbocycles. The zero-order valence-electron chi connectivity index (χ0n) is 11.6. The van der Waals surface area contributed by atoms with Crippen LogP contribution in [0.3, 0.4) is 0 Å². The van der Waals surface area contributed by atoms with Crippen LogP contribution in [0.25, 0.3) is 0 Å². The van der Waals surface area contributed by atoms with E-state index in [2.05, 4.69) is 0 Å². The minimum atomic E-state index is 0.0281. The van der Waals surface area contributed by atoms with E-state index in [1.807, 2.05) is 44.4 Å². The zero-order chi connectivity index (χ0) is 14.4. The van der Waals surface area contributed by atoms with Crippen LogP contribution in [0.15, 0.2) is 29.2 Å². The Hall–Kier alpha value is -1.07. The third-order valence-electron chi connectivity index (χ3n) is 2.99. The van der Waals surface area contributed by atoms with E-state index in [0.29, 0.717) is 18.1 Å². The van der Waals surface area contributed by atoms with E-state index in [0.717, 1.165) is 10.5 Å². The second-order valence-corrected chi connectivity index (χ2v) is 5.67. The lowest BCUT2D eigenvalue weighted by Crippen LogP contribution is -2.38. The molecule has 0 heterocycles. The molecular weight excluding hydrogens is 276 g/mol. The number of rotatable bonds is 6. The number of carbonyl (C=O) groups is 1. The molecule has 1 aromatic rings. The largest absolute Gasteiger partial charge is 0.393 e. The van der Waals surface area contributed by atoms with Gasteiger partial charge in [0.15, 0.2) is 0 Å². The summed E-state index contributed by atoms with van der Waals surface area (Å²) in [6, 6.07) is 7.65. The predicted molar refractivity (Wildman–Crippen MR) is 85.7 cm³/mol. The number of hydrogen-bond acceptors (Lipinski definition) is 3. The molecule has 5 heteroatoms. The Morgan fingerprint density at radius 3 is 2.63 bits per heavy atom. The Balaban J connectivity index is 2.92. The molecule has 0 fully saturated rings. The van der Waals surface area contributed by atoms with Gasteiger partial charge in [0.1, 0.15) is 0 Å². The van der Waals surface area contributed by atoms with E-state index in [1.54, 1.807) is 16.7 Å². The maximum absolute atomic E-state index is 12.5. The number of thiocarbonyl (C=S) groups is 1. The van der Waals surface area contributed by atoms with Gasteiger partial charge in [0.05, 0.1) is 10.6 Å². The van der Waals surface area contributed by atoms with Crippen LogP contribution in [0.1, 0.15) is 24.2 Å². The van der Waals surface area contributed by atoms with Gasteiger partial charge >= 0.3 is 0 Å². The van der Waals surface area contributed by atoms with Gasteiger partial charge in [-0.05, 0) is 25.3 Å². The zero-order valence-corrected chi connectivity index (χ0v) is 13.2. The van der Waals surface area contributed by atoms with Gasteiger partial charge in [0, 0.05) is 23.9 Å². The summed E-state index contributed by atoms with van der Waals surface area (Å²) in [7, 11) is 0. The van der Waals surface area contributed by atoms with Crippen molar-refractivity contribution in [2.75, 3.05) is 19.3 Å². The maximum Gasteiger partial charge on any atom is 0.255 e. The van der Waals surface area contributed by atoms with Gasteiger partial charge in [0.2, 0.25) is 0 Å². The number of amides is 1. The van der Waals surface area contributed by atoms with Crippen molar-refractivity contribution < 1.29 is 4.79 Å². The average molecular weight is 296 g/mol. The highest BCUT2D eigenvalue weighted by atomic mass is 32.2. The number of benzene rings is 1. The summed E-state index contributed by atoms with van der Waals surface area (Å²) in [6.07, 6.45) is 1.97. The van der Waals surface area contributed by atoms with Crippen LogP contribution >= 0.6 is 24.0 Å². The molecule has 104 valence electrons. The van der Waals surface area contributed by atoms with Crippen LogP contribution in [0.2, 0.25) is 0 Å². The minimum absolute atomic E-state index is 0.0281. The van der Waals surface area contributed by atoms with Crippen LogP contribution < -0.4 is 5.73 Å². The second kappa shape index (κ2) is 7.50. The third kappa shape index (κ3) is 4.21. The van der Waals surface area contributed by atoms with E-state index in [1.165, 1.54) is 0 Å². The van der Waals surface area contributed by atoms with E-state index >= 15 is 0 Å². The van der Waals surface area contributed by atoms with Crippen molar-refractivity contribution in [3.05, 3.63) is 29.8 Å². The molecule has 3 nitrogen and oxygen atoms in total. The number of hydrogen-bond donors (Lipinski definition) is 1. The van der Waals surface area contributed by atoms with Crippen LogP contribution in [-0.4, -0.2) is 35.1 Å². The van der Waals surface area contributed by atoms with E-state index in [4.69, 9.17) is 18.0 Å². The van der Waals surface area contributed by atoms with Crippen LogP contribution in [0.5, 0.6) is 0 Å². The molecule has 0 aromatic heterocycles. The second-order valence-electron chi connectivity index (χ2n) is 4.35. The van der Waals surface area contributed by atoms with Crippen LogP contribution in [0.4, 0.5) is 0 Å². The quantitative estimate of drug-likeness (QED) is 0.648. The van der Waals surface area contributed by atoms with E-state index in [9.17, 15) is 4.79 Å². The van der Waals surface area contributed by atoms with Crippen LogP contribution in [-0.2, 0) is 0 Å². The van der Waals surface area contributed by atoms with Crippen molar-refractivity contribution >= 4 is 34.9 Å². The maximum atomic E-state index is 12.5. The Labute approximate surface area is 124 Å². The van der Waals surface area contributed by atoms with Crippen molar-refractivity contribution in [3.8, 4) is 0 Å². The van der Waals surface area contributed by atoms with Crippen LogP contribution in [0, 0.1) is 5.92 Å². The molecule has 0 aliphatic heterocycles. The molecular formula is C14H20N2OS2. The fraction of sp³-hybridized carbons (Fsp3) is 0.429. The Morgan fingerprint density at radius 1 is 1.47 bits per heavy atom. The molecule has 2 N–H and O–H groups in total. The number of nitrogens with two attached hydrogens (primary N) is 1. The summed E-state index contributed by atoms with van der Waals surface area (Å²) in [5, 5.41) is 0. The molecule has 0 bridgehead atoms. The van der Waals surface area contributed by atoms with Gasteiger partial charge in [0.25, 0.3) is 5.91 Å². The molecule has 1 rings (SSSR count). The highest BCUT2D eigenvalue weighted by Gasteiger charge is 2.19. The molecule has 1 atom stereocenters. The monoisotopic (exact) mass is 296 g/mol. The SMILES string of the molecule is CCN(CC(C)C(N)=S)C(=O)c1ccccc1SC. The lowest BCUT2D eigenvalue weighted by molar-refractivity contribution is 0.0751. The van der Waals surface area contributed by atoms with Crippen molar-refractivity contribution in [1.29, 1.82) is 0 Å². The summed E-state index contributed by atoms with van der Waals surface area (Å²) in [5.74, 6) is 0.0656. The Kier molecular flexibility index (Phi) is 6.31. The third-order valence-corrected chi connectivity index (χ3v) is 4.18. The lowest BCUT2D eigenvalue weighted by Gasteiger charge is -2.25. The van der Waals surface area contributed by atoms with Crippen molar-refractivity contribution in [1.82, 2.24) is 4.90 Å². The fourth-order valence-electron chi connectivity index (χ4n) is 1.77. The molecule has 1 unspecified atom stereocenters. The summed E-state index contributed by atoms with van der Waals surface area (Å²) < 4.78 is 0. The number of nitrogens with zero attached hydrogens (tertiary/aromatic N) is 1. The first-order valence-corrected chi connectivity index (χ1v) is 7.86. The lowest BCUT2D eigenvalue weighted by atomic mass is 10.1. The summed E-state index contributed by atoms with van der Waals surface area (Å²) in [6.45, 7) is 5.12. The molecule has 0 spiro atoms. The Bertz CT molecular complexity index is 463.